The van der Waals surface area contributed by atoms with Crippen LogP contribution in [0.5, 0.6) is 5.88 Å². The average molecular weight is 500 g/mol. The third-order valence-corrected chi connectivity index (χ3v) is 6.63. The number of carbonyl (C=O) groups excluding carboxylic acids is 2. The molecule has 7 nitrogen and oxygen atoms in total. The second-order valence-electron chi connectivity index (χ2n) is 9.54. The molecule has 192 valence electrons. The van der Waals surface area contributed by atoms with E-state index in [1.54, 1.807) is 41.2 Å². The topological polar surface area (TPSA) is 83.0 Å². The lowest BCUT2D eigenvalue weighted by atomic mass is 9.99. The number of aliphatic hydroxyl groups excluding tert-OH is 1. The fourth-order valence-electron chi connectivity index (χ4n) is 4.34. The molecule has 2 amide bonds. The van der Waals surface area contributed by atoms with Crippen LogP contribution in [0, 0.1) is 5.92 Å². The predicted octanol–water partition coefficient (Wildman–Crippen LogP) is 4.24. The lowest BCUT2D eigenvalue weighted by Gasteiger charge is -2.37. The van der Waals surface area contributed by atoms with Gasteiger partial charge in [0.1, 0.15) is 11.7 Å². The van der Waals surface area contributed by atoms with Gasteiger partial charge in [0.05, 0.1) is 19.2 Å². The van der Waals surface area contributed by atoms with Gasteiger partial charge in [-0.2, -0.15) is 0 Å². The maximum Gasteiger partial charge on any atom is 0.259 e. The fourth-order valence-corrected chi connectivity index (χ4v) is 4.34. The Morgan fingerprint density at radius 2 is 1.78 bits per heavy atom. The minimum Gasteiger partial charge on any atom is -0.472 e. The average Bonchev–Trinajstić information content (AvgIpc) is 2.94. The molecule has 1 N–H and O–H groups in total. The van der Waals surface area contributed by atoms with Gasteiger partial charge in [0.15, 0.2) is 0 Å². The van der Waals surface area contributed by atoms with Crippen molar-refractivity contribution in [1.82, 2.24) is 14.8 Å². The van der Waals surface area contributed by atoms with Crippen LogP contribution in [0.15, 0.2) is 72.9 Å². The summed E-state index contributed by atoms with van der Waals surface area (Å²) in [5.74, 6) is -0.228. The van der Waals surface area contributed by atoms with Gasteiger partial charge in [0.25, 0.3) is 11.8 Å². The summed E-state index contributed by atoms with van der Waals surface area (Å²) in [5, 5.41) is 9.87. The van der Waals surface area contributed by atoms with E-state index in [1.807, 2.05) is 74.5 Å². The Morgan fingerprint density at radius 1 is 1.14 bits per heavy atom. The van der Waals surface area contributed by atoms with E-state index in [0.29, 0.717) is 24.2 Å². The number of rotatable bonds is 7. The number of fused-ring (bicyclic) bond motifs is 1. The van der Waals surface area contributed by atoms with Crippen molar-refractivity contribution in [3.8, 4) is 5.88 Å². The van der Waals surface area contributed by atoms with E-state index in [9.17, 15) is 14.7 Å². The first kappa shape index (κ1) is 26.1. The second kappa shape index (κ2) is 11.8. The van der Waals surface area contributed by atoms with Gasteiger partial charge in [-0.1, -0.05) is 67.6 Å². The zero-order chi connectivity index (χ0) is 26.4. The Kier molecular flexibility index (Phi) is 8.36. The Morgan fingerprint density at radius 3 is 2.46 bits per heavy atom. The minimum atomic E-state index is -0.406. The maximum atomic E-state index is 13.6. The maximum absolute atomic E-state index is 13.6. The zero-order valence-corrected chi connectivity index (χ0v) is 21.4. The first-order valence-corrected chi connectivity index (χ1v) is 12.5. The first-order chi connectivity index (χ1) is 17.9. The predicted molar refractivity (Wildman–Crippen MR) is 144 cm³/mol. The van der Waals surface area contributed by atoms with Crippen LogP contribution in [0.25, 0.3) is 12.2 Å². The Hall–Kier alpha value is -3.97. The number of likely N-dealkylation sites (N-methyl/N-ethyl adjacent to an activating group) is 1. The van der Waals surface area contributed by atoms with Crippen molar-refractivity contribution in [1.29, 1.82) is 0 Å². The van der Waals surface area contributed by atoms with E-state index in [2.05, 4.69) is 4.98 Å². The number of pyridine rings is 1. The van der Waals surface area contributed by atoms with Crippen LogP contribution < -0.4 is 4.74 Å². The highest BCUT2D eigenvalue weighted by molar-refractivity contribution is 5.97. The van der Waals surface area contributed by atoms with E-state index in [-0.39, 0.29) is 36.3 Å². The molecular weight excluding hydrogens is 466 g/mol. The van der Waals surface area contributed by atoms with Crippen LogP contribution in [0.2, 0.25) is 0 Å². The Bertz CT molecular complexity index is 1250. The number of aliphatic hydroxyl groups is 1. The van der Waals surface area contributed by atoms with Crippen LogP contribution in [-0.4, -0.2) is 70.6 Å². The molecule has 7 heteroatoms. The van der Waals surface area contributed by atoms with Crippen LogP contribution in [0.1, 0.15) is 45.7 Å². The molecule has 3 aromatic rings. The van der Waals surface area contributed by atoms with E-state index in [1.165, 1.54) is 0 Å². The molecule has 1 aliphatic rings. The molecule has 0 bridgehead atoms. The lowest BCUT2D eigenvalue weighted by molar-refractivity contribution is 0.0313. The molecule has 0 aliphatic carbocycles. The molecule has 3 atom stereocenters. The van der Waals surface area contributed by atoms with Gasteiger partial charge in [-0.05, 0) is 36.2 Å². The molecule has 1 aromatic heterocycles. The summed E-state index contributed by atoms with van der Waals surface area (Å²) in [4.78, 5) is 34.4. The highest BCUT2D eigenvalue weighted by Gasteiger charge is 2.34. The summed E-state index contributed by atoms with van der Waals surface area (Å²) in [5.41, 5.74) is 2.73. The van der Waals surface area contributed by atoms with Crippen LogP contribution >= 0.6 is 0 Å². The summed E-state index contributed by atoms with van der Waals surface area (Å²) >= 11 is 0. The van der Waals surface area contributed by atoms with Crippen LogP contribution in [-0.2, 0) is 0 Å². The SMILES string of the molecule is C[C@@H]1CN([C@H](C)CO)C(=O)c2cc(/C=C/c3ccccc3)cnc2O[C@H]1CN(C)C(=O)c1ccccc1. The van der Waals surface area contributed by atoms with Gasteiger partial charge < -0.3 is 19.6 Å². The fraction of sp³-hybridized carbons (Fsp3) is 0.300. The molecule has 2 aromatic carbocycles. The molecule has 0 saturated heterocycles. The molecule has 1 aliphatic heterocycles. The highest BCUT2D eigenvalue weighted by atomic mass is 16.5. The third kappa shape index (κ3) is 6.24. The summed E-state index contributed by atoms with van der Waals surface area (Å²) in [7, 11) is 1.75. The lowest BCUT2D eigenvalue weighted by Crippen LogP contribution is -2.50. The zero-order valence-electron chi connectivity index (χ0n) is 21.4. The van der Waals surface area contributed by atoms with E-state index < -0.39 is 6.10 Å². The molecule has 0 spiro atoms. The van der Waals surface area contributed by atoms with Gasteiger partial charge in [-0.25, -0.2) is 4.98 Å². The summed E-state index contributed by atoms with van der Waals surface area (Å²) < 4.78 is 6.32. The molecule has 0 radical (unpaired) electrons. The van der Waals surface area contributed by atoms with Crippen molar-refractivity contribution in [3.63, 3.8) is 0 Å². The van der Waals surface area contributed by atoms with Crippen molar-refractivity contribution in [2.45, 2.75) is 26.0 Å². The van der Waals surface area contributed by atoms with Gasteiger partial charge in [-0.15, -0.1) is 0 Å². The van der Waals surface area contributed by atoms with E-state index >= 15 is 0 Å². The molecule has 2 heterocycles. The van der Waals surface area contributed by atoms with Gasteiger partial charge in [0, 0.05) is 31.3 Å². The van der Waals surface area contributed by atoms with Crippen molar-refractivity contribution in [2.75, 3.05) is 26.7 Å². The quantitative estimate of drug-likeness (QED) is 0.526. The number of hydrogen-bond acceptors (Lipinski definition) is 5. The van der Waals surface area contributed by atoms with E-state index in [0.717, 1.165) is 11.1 Å². The monoisotopic (exact) mass is 499 g/mol. The Labute approximate surface area is 218 Å². The van der Waals surface area contributed by atoms with Gasteiger partial charge in [0.2, 0.25) is 5.88 Å². The minimum absolute atomic E-state index is 0.107. The van der Waals surface area contributed by atoms with Crippen molar-refractivity contribution in [2.24, 2.45) is 5.92 Å². The molecular formula is C30H33N3O4. The summed E-state index contributed by atoms with van der Waals surface area (Å²) in [6.07, 6.45) is 5.13. The van der Waals surface area contributed by atoms with Gasteiger partial charge in [-0.3, -0.25) is 9.59 Å². The summed E-state index contributed by atoms with van der Waals surface area (Å²) in [6, 6.07) is 20.4. The van der Waals surface area contributed by atoms with Crippen molar-refractivity contribution >= 4 is 24.0 Å². The van der Waals surface area contributed by atoms with Crippen LogP contribution in [0.4, 0.5) is 0 Å². The number of hydrogen-bond donors (Lipinski definition) is 1. The molecule has 37 heavy (non-hydrogen) atoms. The summed E-state index contributed by atoms with van der Waals surface area (Å²) in [6.45, 7) is 4.34. The molecule has 0 saturated carbocycles. The first-order valence-electron chi connectivity index (χ1n) is 12.5. The Balaban J connectivity index is 1.64. The van der Waals surface area contributed by atoms with Crippen molar-refractivity contribution in [3.05, 3.63) is 95.2 Å². The number of benzene rings is 2. The highest BCUT2D eigenvalue weighted by Crippen LogP contribution is 2.28. The standard InChI is InChI=1S/C30H33N3O4/c1-21-18-33(22(2)20-34)30(36)26-16-24(15-14-23-10-6-4-7-11-23)17-31-28(26)37-27(21)19-32(3)29(35)25-12-8-5-9-13-25/h4-17,21-22,27,34H,18-20H2,1-3H3/b15-14+/t21-,22-,27+/m1/s1. The molecule has 4 rings (SSSR count). The second-order valence-corrected chi connectivity index (χ2v) is 9.54. The number of aromatic nitrogens is 1. The molecule has 0 fully saturated rings. The van der Waals surface area contributed by atoms with E-state index in [4.69, 9.17) is 4.74 Å². The third-order valence-electron chi connectivity index (χ3n) is 6.63. The number of nitrogens with zero attached hydrogens (tertiary/aromatic N) is 3. The smallest absolute Gasteiger partial charge is 0.259 e. The van der Waals surface area contributed by atoms with Crippen LogP contribution in [0.3, 0.4) is 0 Å². The number of ether oxygens (including phenoxy) is 1. The number of amides is 2. The molecule has 0 unspecified atom stereocenters. The van der Waals surface area contributed by atoms with Crippen molar-refractivity contribution < 1.29 is 19.4 Å². The largest absolute Gasteiger partial charge is 0.472 e. The normalized spacial score (nSPS) is 18.5. The van der Waals surface area contributed by atoms with Gasteiger partial charge >= 0.3 is 0 Å². The number of carbonyl (C=O) groups is 2.